The SMILES string of the molecule is COC(=O)c1c(C)cc(C)cc1C.COC(=O)c1c(C)cc(C)cc1C.COC(=O)c1c(C)cc(C)cc1C. The van der Waals surface area contributed by atoms with Crippen LogP contribution in [0.2, 0.25) is 0 Å². The van der Waals surface area contributed by atoms with Gasteiger partial charge < -0.3 is 14.2 Å². The van der Waals surface area contributed by atoms with E-state index in [1.54, 1.807) is 0 Å². The Morgan fingerprint density at radius 1 is 0.385 bits per heavy atom. The van der Waals surface area contributed by atoms with Gasteiger partial charge in [0.05, 0.1) is 38.0 Å². The van der Waals surface area contributed by atoms with Gasteiger partial charge in [-0.25, -0.2) is 14.4 Å². The zero-order valence-corrected chi connectivity index (χ0v) is 25.4. The maximum absolute atomic E-state index is 11.3. The average molecular weight is 535 g/mol. The molecule has 3 rings (SSSR count). The lowest BCUT2D eigenvalue weighted by atomic mass is 10.0. The van der Waals surface area contributed by atoms with Gasteiger partial charge in [-0.05, 0) is 95.7 Å². The molecule has 0 amide bonds. The Morgan fingerprint density at radius 2 is 0.538 bits per heavy atom. The summed E-state index contributed by atoms with van der Waals surface area (Å²) in [5.41, 5.74) is 11.4. The normalized spacial score (nSPS) is 9.85. The summed E-state index contributed by atoms with van der Waals surface area (Å²) in [7, 11) is 4.21. The van der Waals surface area contributed by atoms with Crippen LogP contribution in [0.15, 0.2) is 36.4 Å². The number of aryl methyl sites for hydroxylation is 9. The number of carbonyl (C=O) groups is 3. The van der Waals surface area contributed by atoms with E-state index in [4.69, 9.17) is 14.2 Å². The fourth-order valence-electron chi connectivity index (χ4n) is 4.81. The molecule has 39 heavy (non-hydrogen) atoms. The highest BCUT2D eigenvalue weighted by Gasteiger charge is 2.14. The van der Waals surface area contributed by atoms with Crippen molar-refractivity contribution < 1.29 is 28.6 Å². The van der Waals surface area contributed by atoms with Gasteiger partial charge >= 0.3 is 17.9 Å². The van der Waals surface area contributed by atoms with Crippen LogP contribution in [0.4, 0.5) is 0 Å². The Bertz CT molecular complexity index is 1120. The summed E-state index contributed by atoms with van der Waals surface area (Å²) in [6.07, 6.45) is 0. The molecule has 0 saturated carbocycles. The molecule has 0 aliphatic rings. The first-order valence-electron chi connectivity index (χ1n) is 12.7. The summed E-state index contributed by atoms with van der Waals surface area (Å²) in [5.74, 6) is -0.764. The number of methoxy groups -OCH3 is 3. The largest absolute Gasteiger partial charge is 0.465 e. The third-order valence-corrected chi connectivity index (χ3v) is 6.20. The molecule has 0 saturated heterocycles. The first-order valence-corrected chi connectivity index (χ1v) is 12.7. The standard InChI is InChI=1S/3C11H14O2/c3*1-7-5-8(2)10(9(3)6-7)11(12)13-4/h3*5-6H,1-4H3. The smallest absolute Gasteiger partial charge is 0.338 e. The minimum absolute atomic E-state index is 0.255. The van der Waals surface area contributed by atoms with Crippen LogP contribution in [-0.2, 0) is 14.2 Å². The van der Waals surface area contributed by atoms with Gasteiger partial charge in [0.1, 0.15) is 0 Å². The van der Waals surface area contributed by atoms with Crippen molar-refractivity contribution in [1.29, 1.82) is 0 Å². The third-order valence-electron chi connectivity index (χ3n) is 6.20. The lowest BCUT2D eigenvalue weighted by Crippen LogP contribution is -2.06. The van der Waals surface area contributed by atoms with E-state index in [1.165, 1.54) is 38.0 Å². The van der Waals surface area contributed by atoms with Crippen LogP contribution in [0.3, 0.4) is 0 Å². The van der Waals surface area contributed by atoms with Gasteiger partial charge in [-0.15, -0.1) is 0 Å². The van der Waals surface area contributed by atoms with Crippen LogP contribution in [0.1, 0.15) is 81.1 Å². The molecule has 0 spiro atoms. The molecule has 3 aromatic rings. The van der Waals surface area contributed by atoms with E-state index in [9.17, 15) is 14.4 Å². The van der Waals surface area contributed by atoms with E-state index < -0.39 is 0 Å². The van der Waals surface area contributed by atoms with Crippen molar-refractivity contribution in [3.8, 4) is 0 Å². The topological polar surface area (TPSA) is 78.9 Å². The summed E-state index contributed by atoms with van der Waals surface area (Å²) in [6, 6.07) is 11.9. The maximum Gasteiger partial charge on any atom is 0.338 e. The van der Waals surface area contributed by atoms with Gasteiger partial charge in [-0.2, -0.15) is 0 Å². The molecule has 0 unspecified atom stereocenters. The molecule has 0 heterocycles. The minimum Gasteiger partial charge on any atom is -0.465 e. The molecule has 3 aromatic carbocycles. The average Bonchev–Trinajstić information content (AvgIpc) is 2.82. The second kappa shape index (κ2) is 14.9. The van der Waals surface area contributed by atoms with E-state index in [1.807, 2.05) is 98.7 Å². The van der Waals surface area contributed by atoms with E-state index in [0.29, 0.717) is 16.7 Å². The maximum atomic E-state index is 11.3. The quantitative estimate of drug-likeness (QED) is 0.261. The monoisotopic (exact) mass is 534 g/mol. The van der Waals surface area contributed by atoms with Crippen molar-refractivity contribution in [2.45, 2.75) is 62.3 Å². The van der Waals surface area contributed by atoms with E-state index >= 15 is 0 Å². The predicted octanol–water partition coefficient (Wildman–Crippen LogP) is 7.20. The van der Waals surface area contributed by atoms with E-state index in [0.717, 1.165) is 33.4 Å². The predicted molar refractivity (Wildman–Crippen MR) is 156 cm³/mol. The van der Waals surface area contributed by atoms with Crippen LogP contribution >= 0.6 is 0 Å². The van der Waals surface area contributed by atoms with Crippen LogP contribution in [0.25, 0.3) is 0 Å². The number of carbonyl (C=O) groups excluding carboxylic acids is 3. The lowest BCUT2D eigenvalue weighted by Gasteiger charge is -2.08. The molecular formula is C33H42O6. The summed E-state index contributed by atoms with van der Waals surface area (Å²) >= 11 is 0. The molecule has 0 radical (unpaired) electrons. The summed E-state index contributed by atoms with van der Waals surface area (Å²) in [5, 5.41) is 0. The van der Waals surface area contributed by atoms with Gasteiger partial charge in [0, 0.05) is 0 Å². The fraction of sp³-hybridized carbons (Fsp3) is 0.364. The van der Waals surface area contributed by atoms with Gasteiger partial charge in [-0.3, -0.25) is 0 Å². The Hall–Kier alpha value is -3.93. The Labute approximate surface area is 233 Å². The Balaban J connectivity index is 0.000000292. The van der Waals surface area contributed by atoms with Crippen molar-refractivity contribution in [2.24, 2.45) is 0 Å². The van der Waals surface area contributed by atoms with Gasteiger partial charge in [0.15, 0.2) is 0 Å². The first-order chi connectivity index (χ1) is 18.2. The molecular weight excluding hydrogens is 492 g/mol. The summed E-state index contributed by atoms with van der Waals surface area (Å²) in [6.45, 7) is 17.6. The van der Waals surface area contributed by atoms with Gasteiger partial charge in [0.25, 0.3) is 0 Å². The first kappa shape index (κ1) is 33.1. The van der Waals surface area contributed by atoms with Crippen LogP contribution in [0.5, 0.6) is 0 Å². The molecule has 0 atom stereocenters. The van der Waals surface area contributed by atoms with Crippen LogP contribution < -0.4 is 0 Å². The summed E-state index contributed by atoms with van der Waals surface area (Å²) < 4.78 is 14.1. The number of hydrogen-bond acceptors (Lipinski definition) is 6. The highest BCUT2D eigenvalue weighted by molar-refractivity contribution is 5.93. The minimum atomic E-state index is -0.255. The Morgan fingerprint density at radius 3 is 0.667 bits per heavy atom. The van der Waals surface area contributed by atoms with Crippen molar-refractivity contribution in [1.82, 2.24) is 0 Å². The van der Waals surface area contributed by atoms with Crippen molar-refractivity contribution in [2.75, 3.05) is 21.3 Å². The zero-order valence-electron chi connectivity index (χ0n) is 25.4. The van der Waals surface area contributed by atoms with Crippen molar-refractivity contribution in [3.05, 3.63) is 103 Å². The Kier molecular flexibility index (Phi) is 12.6. The fourth-order valence-corrected chi connectivity index (χ4v) is 4.81. The number of rotatable bonds is 3. The highest BCUT2D eigenvalue weighted by atomic mass is 16.5. The molecule has 210 valence electrons. The number of esters is 3. The molecule has 0 fully saturated rings. The van der Waals surface area contributed by atoms with Gasteiger partial charge in [0.2, 0.25) is 0 Å². The number of hydrogen-bond donors (Lipinski definition) is 0. The zero-order chi connectivity index (χ0) is 30.0. The van der Waals surface area contributed by atoms with Crippen molar-refractivity contribution >= 4 is 17.9 Å². The summed E-state index contributed by atoms with van der Waals surface area (Å²) in [4.78, 5) is 34.0. The molecule has 0 aliphatic heterocycles. The molecule has 0 aromatic heterocycles. The lowest BCUT2D eigenvalue weighted by molar-refractivity contribution is 0.0590. The number of benzene rings is 3. The second-order valence-electron chi connectivity index (χ2n) is 9.80. The molecule has 0 bridgehead atoms. The van der Waals surface area contributed by atoms with Crippen LogP contribution in [0, 0.1) is 62.3 Å². The van der Waals surface area contributed by atoms with Gasteiger partial charge in [-0.1, -0.05) is 53.1 Å². The molecule has 6 heteroatoms. The second-order valence-corrected chi connectivity index (χ2v) is 9.80. The van der Waals surface area contributed by atoms with E-state index in [-0.39, 0.29) is 17.9 Å². The third kappa shape index (κ3) is 9.10. The molecule has 0 N–H and O–H groups in total. The van der Waals surface area contributed by atoms with E-state index in [2.05, 4.69) is 0 Å². The molecule has 0 aliphatic carbocycles. The van der Waals surface area contributed by atoms with Crippen LogP contribution in [-0.4, -0.2) is 39.2 Å². The highest BCUT2D eigenvalue weighted by Crippen LogP contribution is 2.18. The van der Waals surface area contributed by atoms with Crippen molar-refractivity contribution in [3.63, 3.8) is 0 Å². The number of ether oxygens (including phenoxy) is 3. The molecule has 6 nitrogen and oxygen atoms in total.